The van der Waals surface area contributed by atoms with Crippen LogP contribution in [0.25, 0.3) is 0 Å². The van der Waals surface area contributed by atoms with E-state index >= 15 is 0 Å². The lowest BCUT2D eigenvalue weighted by atomic mass is 10.3. The SMILES string of the molecule is Nc1c(F)ccc(S(=O)(=O)Nc2cc(Br)ccc2F)c1F. The van der Waals surface area contributed by atoms with E-state index in [1.807, 2.05) is 4.72 Å². The molecule has 0 saturated heterocycles. The van der Waals surface area contributed by atoms with Gasteiger partial charge in [0.15, 0.2) is 5.82 Å². The van der Waals surface area contributed by atoms with Crippen LogP contribution < -0.4 is 10.5 Å². The molecule has 0 heterocycles. The lowest BCUT2D eigenvalue weighted by Gasteiger charge is -2.11. The van der Waals surface area contributed by atoms with Gasteiger partial charge >= 0.3 is 0 Å². The number of nitrogens with two attached hydrogens (primary N) is 1. The van der Waals surface area contributed by atoms with Gasteiger partial charge in [-0.25, -0.2) is 21.6 Å². The number of benzene rings is 2. The largest absolute Gasteiger partial charge is 0.394 e. The fourth-order valence-electron chi connectivity index (χ4n) is 1.53. The lowest BCUT2D eigenvalue weighted by molar-refractivity contribution is 0.556. The second-order valence-electron chi connectivity index (χ2n) is 4.00. The Morgan fingerprint density at radius 3 is 2.33 bits per heavy atom. The molecule has 3 N–H and O–H groups in total. The Kier molecular flexibility index (Phi) is 4.15. The quantitative estimate of drug-likeness (QED) is 0.802. The highest BCUT2D eigenvalue weighted by Crippen LogP contribution is 2.27. The number of sulfonamides is 1. The third kappa shape index (κ3) is 3.13. The third-order valence-corrected chi connectivity index (χ3v) is 4.43. The second-order valence-corrected chi connectivity index (χ2v) is 6.57. The molecule has 0 fully saturated rings. The van der Waals surface area contributed by atoms with Crippen molar-refractivity contribution in [2.45, 2.75) is 4.90 Å². The molecule has 112 valence electrons. The third-order valence-electron chi connectivity index (χ3n) is 2.55. The van der Waals surface area contributed by atoms with Crippen molar-refractivity contribution in [3.05, 3.63) is 52.3 Å². The number of nitrogen functional groups attached to an aromatic ring is 1. The molecule has 0 aliphatic rings. The first kappa shape index (κ1) is 15.6. The van der Waals surface area contributed by atoms with Crippen molar-refractivity contribution in [1.29, 1.82) is 0 Å². The fourth-order valence-corrected chi connectivity index (χ4v) is 3.04. The molecule has 0 aliphatic heterocycles. The summed E-state index contributed by atoms with van der Waals surface area (Å²) < 4.78 is 66.7. The Morgan fingerprint density at radius 1 is 1.05 bits per heavy atom. The zero-order valence-electron chi connectivity index (χ0n) is 10.2. The summed E-state index contributed by atoms with van der Waals surface area (Å²) in [5.74, 6) is -3.37. The number of halogens is 4. The number of anilines is 2. The molecule has 0 bridgehead atoms. The highest BCUT2D eigenvalue weighted by atomic mass is 79.9. The van der Waals surface area contributed by atoms with Gasteiger partial charge in [0.05, 0.1) is 5.69 Å². The van der Waals surface area contributed by atoms with Crippen LogP contribution in [-0.4, -0.2) is 8.42 Å². The molecule has 2 aromatic rings. The Balaban J connectivity index is 2.49. The van der Waals surface area contributed by atoms with Gasteiger partial charge in [-0.15, -0.1) is 0 Å². The van der Waals surface area contributed by atoms with Crippen molar-refractivity contribution in [3.63, 3.8) is 0 Å². The first-order valence-corrected chi connectivity index (χ1v) is 7.71. The van der Waals surface area contributed by atoms with Crippen LogP contribution in [0.3, 0.4) is 0 Å². The Morgan fingerprint density at radius 2 is 1.67 bits per heavy atom. The van der Waals surface area contributed by atoms with E-state index in [1.165, 1.54) is 6.07 Å². The molecule has 0 aliphatic carbocycles. The molecule has 9 heteroatoms. The molecular formula is C12H8BrF3N2O2S. The number of rotatable bonds is 3. The average molecular weight is 381 g/mol. The highest BCUT2D eigenvalue weighted by molar-refractivity contribution is 9.10. The summed E-state index contributed by atoms with van der Waals surface area (Å²) in [6, 6.07) is 4.97. The summed E-state index contributed by atoms with van der Waals surface area (Å²) in [6.45, 7) is 0. The van der Waals surface area contributed by atoms with Crippen molar-refractivity contribution in [2.75, 3.05) is 10.5 Å². The standard InChI is InChI=1S/C12H8BrF3N2O2S/c13-6-1-2-7(14)9(5-6)18-21(19,20)10-4-3-8(15)12(17)11(10)16/h1-5,18H,17H2. The van der Waals surface area contributed by atoms with E-state index < -0.39 is 38.1 Å². The molecule has 0 saturated carbocycles. The van der Waals surface area contributed by atoms with Crippen molar-refractivity contribution in [3.8, 4) is 0 Å². The van der Waals surface area contributed by atoms with Gasteiger partial charge in [0.2, 0.25) is 0 Å². The minimum atomic E-state index is -4.46. The van der Waals surface area contributed by atoms with E-state index in [0.717, 1.165) is 12.1 Å². The van der Waals surface area contributed by atoms with Crippen LogP contribution in [-0.2, 0) is 10.0 Å². The predicted molar refractivity (Wildman–Crippen MR) is 75.7 cm³/mol. The Labute approximate surface area is 127 Å². The molecule has 0 radical (unpaired) electrons. The molecular weight excluding hydrogens is 373 g/mol. The van der Waals surface area contributed by atoms with Crippen LogP contribution in [0.2, 0.25) is 0 Å². The molecule has 0 aromatic heterocycles. The topological polar surface area (TPSA) is 72.2 Å². The molecule has 0 atom stereocenters. The van der Waals surface area contributed by atoms with Crippen molar-refractivity contribution in [2.24, 2.45) is 0 Å². The molecule has 0 unspecified atom stereocenters. The molecule has 0 amide bonds. The molecule has 4 nitrogen and oxygen atoms in total. The Hall–Kier alpha value is -1.74. The molecule has 0 spiro atoms. The van der Waals surface area contributed by atoms with Crippen LogP contribution in [0.4, 0.5) is 24.5 Å². The van der Waals surface area contributed by atoms with E-state index in [1.54, 1.807) is 0 Å². The summed E-state index contributed by atoms with van der Waals surface area (Å²) in [5.41, 5.74) is 3.80. The van der Waals surface area contributed by atoms with Crippen molar-refractivity contribution >= 4 is 37.3 Å². The molecule has 2 aromatic carbocycles. The minimum absolute atomic E-state index is 0.383. The van der Waals surface area contributed by atoms with Gasteiger partial charge in [-0.1, -0.05) is 15.9 Å². The van der Waals surface area contributed by atoms with E-state index in [0.29, 0.717) is 16.6 Å². The van der Waals surface area contributed by atoms with Gasteiger partial charge < -0.3 is 5.73 Å². The number of hydrogen-bond donors (Lipinski definition) is 2. The van der Waals surface area contributed by atoms with Crippen molar-refractivity contribution < 1.29 is 21.6 Å². The summed E-state index contributed by atoms with van der Waals surface area (Å²) in [4.78, 5) is -0.874. The van der Waals surface area contributed by atoms with Crippen LogP contribution in [0, 0.1) is 17.5 Å². The average Bonchev–Trinajstić information content (AvgIpc) is 2.39. The van der Waals surface area contributed by atoms with Gasteiger partial charge in [0, 0.05) is 4.47 Å². The lowest BCUT2D eigenvalue weighted by Crippen LogP contribution is -2.16. The smallest absolute Gasteiger partial charge is 0.264 e. The maximum atomic E-state index is 13.8. The minimum Gasteiger partial charge on any atom is -0.394 e. The monoisotopic (exact) mass is 380 g/mol. The summed E-state index contributed by atoms with van der Waals surface area (Å²) >= 11 is 3.05. The Bertz CT molecular complexity index is 812. The predicted octanol–water partition coefficient (Wildman–Crippen LogP) is 3.25. The van der Waals surface area contributed by atoms with Gasteiger partial charge in [0.25, 0.3) is 10.0 Å². The van der Waals surface area contributed by atoms with E-state index in [4.69, 9.17) is 5.73 Å². The van der Waals surface area contributed by atoms with Crippen LogP contribution in [0.15, 0.2) is 39.7 Å². The number of nitrogens with one attached hydrogen (secondary N) is 1. The van der Waals surface area contributed by atoms with Crippen LogP contribution >= 0.6 is 15.9 Å². The molecule has 21 heavy (non-hydrogen) atoms. The summed E-state index contributed by atoms with van der Waals surface area (Å²) in [7, 11) is -4.46. The van der Waals surface area contributed by atoms with Gasteiger partial charge in [0.1, 0.15) is 22.2 Å². The normalized spacial score (nSPS) is 11.4. The zero-order chi connectivity index (χ0) is 15.8. The van der Waals surface area contributed by atoms with E-state index in [2.05, 4.69) is 15.9 Å². The van der Waals surface area contributed by atoms with Gasteiger partial charge in [-0.2, -0.15) is 0 Å². The number of hydrogen-bond acceptors (Lipinski definition) is 3. The van der Waals surface area contributed by atoms with E-state index in [9.17, 15) is 21.6 Å². The zero-order valence-corrected chi connectivity index (χ0v) is 12.6. The fraction of sp³-hybridized carbons (Fsp3) is 0. The maximum absolute atomic E-state index is 13.8. The van der Waals surface area contributed by atoms with Gasteiger partial charge in [-0.3, -0.25) is 4.72 Å². The highest BCUT2D eigenvalue weighted by Gasteiger charge is 2.23. The van der Waals surface area contributed by atoms with Crippen LogP contribution in [0.5, 0.6) is 0 Å². The van der Waals surface area contributed by atoms with Crippen LogP contribution in [0.1, 0.15) is 0 Å². The van der Waals surface area contributed by atoms with Gasteiger partial charge in [-0.05, 0) is 30.3 Å². The van der Waals surface area contributed by atoms with Crippen molar-refractivity contribution in [1.82, 2.24) is 0 Å². The second kappa shape index (κ2) is 5.57. The molecule has 2 rings (SSSR count). The maximum Gasteiger partial charge on any atom is 0.264 e. The summed E-state index contributed by atoms with van der Waals surface area (Å²) in [5, 5.41) is 0. The first-order valence-electron chi connectivity index (χ1n) is 5.43. The summed E-state index contributed by atoms with van der Waals surface area (Å²) in [6.07, 6.45) is 0. The first-order chi connectivity index (χ1) is 9.72. The van der Waals surface area contributed by atoms with E-state index in [-0.39, 0.29) is 5.69 Å².